The van der Waals surface area contributed by atoms with E-state index in [1.54, 1.807) is 0 Å². The van der Waals surface area contributed by atoms with Crippen molar-refractivity contribution in [2.75, 3.05) is 18.0 Å². The molecule has 0 bridgehead atoms. The van der Waals surface area contributed by atoms with E-state index in [1.807, 2.05) is 19.1 Å². The molecule has 1 aliphatic heterocycles. The first kappa shape index (κ1) is 8.97. The molecule has 0 saturated carbocycles. The first-order chi connectivity index (χ1) is 6.16. The van der Waals surface area contributed by atoms with Gasteiger partial charge in [0, 0.05) is 23.6 Å². The molecule has 2 rings (SSSR count). The largest absolute Gasteiger partial charge is 0.353 e. The molecule has 2 heterocycles. The van der Waals surface area contributed by atoms with Gasteiger partial charge >= 0.3 is 0 Å². The molecule has 1 aromatic heterocycles. The Labute approximate surface area is 86.1 Å². The van der Waals surface area contributed by atoms with Crippen LogP contribution in [-0.2, 0) is 0 Å². The van der Waals surface area contributed by atoms with Crippen LogP contribution in [0.4, 0.5) is 5.82 Å². The van der Waals surface area contributed by atoms with E-state index in [2.05, 4.69) is 25.8 Å². The zero-order valence-electron chi connectivity index (χ0n) is 7.50. The Balaban J connectivity index is 2.18. The van der Waals surface area contributed by atoms with E-state index in [4.69, 9.17) is 5.73 Å². The van der Waals surface area contributed by atoms with Crippen LogP contribution >= 0.6 is 15.9 Å². The molecular formula is C9H12BrN3. The zero-order valence-corrected chi connectivity index (χ0v) is 9.08. The minimum absolute atomic E-state index is 0.325. The zero-order chi connectivity index (χ0) is 9.42. The van der Waals surface area contributed by atoms with Crippen LogP contribution in [0, 0.1) is 6.92 Å². The van der Waals surface area contributed by atoms with Crippen LogP contribution in [0.15, 0.2) is 16.6 Å². The summed E-state index contributed by atoms with van der Waals surface area (Å²) < 4.78 is 1.06. The molecule has 0 unspecified atom stereocenters. The van der Waals surface area contributed by atoms with Crippen LogP contribution < -0.4 is 10.6 Å². The Morgan fingerprint density at radius 2 is 2.23 bits per heavy atom. The van der Waals surface area contributed by atoms with Crippen LogP contribution in [0.3, 0.4) is 0 Å². The van der Waals surface area contributed by atoms with E-state index in [-0.39, 0.29) is 0 Å². The second-order valence-corrected chi connectivity index (χ2v) is 4.26. The fraction of sp³-hybridized carbons (Fsp3) is 0.444. The summed E-state index contributed by atoms with van der Waals surface area (Å²) in [5.41, 5.74) is 6.72. The predicted octanol–water partition coefficient (Wildman–Crippen LogP) is 1.30. The molecule has 2 N–H and O–H groups in total. The van der Waals surface area contributed by atoms with Gasteiger partial charge in [-0.25, -0.2) is 4.98 Å². The van der Waals surface area contributed by atoms with Crippen molar-refractivity contribution in [1.29, 1.82) is 0 Å². The van der Waals surface area contributed by atoms with Crippen molar-refractivity contribution in [1.82, 2.24) is 4.98 Å². The first-order valence-corrected chi connectivity index (χ1v) is 5.10. The molecule has 1 saturated heterocycles. The number of hydrogen-bond acceptors (Lipinski definition) is 3. The summed E-state index contributed by atoms with van der Waals surface area (Å²) in [6.45, 7) is 3.84. The number of aryl methyl sites for hydroxylation is 1. The lowest BCUT2D eigenvalue weighted by Gasteiger charge is -2.37. The average molecular weight is 242 g/mol. The fourth-order valence-corrected chi connectivity index (χ4v) is 1.63. The first-order valence-electron chi connectivity index (χ1n) is 4.30. The van der Waals surface area contributed by atoms with Crippen molar-refractivity contribution in [3.63, 3.8) is 0 Å². The van der Waals surface area contributed by atoms with Crippen molar-refractivity contribution < 1.29 is 0 Å². The smallest absolute Gasteiger partial charge is 0.128 e. The Morgan fingerprint density at radius 1 is 1.54 bits per heavy atom. The van der Waals surface area contributed by atoms with Crippen LogP contribution in [-0.4, -0.2) is 24.1 Å². The number of anilines is 1. The lowest BCUT2D eigenvalue weighted by atomic mass is 10.1. The van der Waals surface area contributed by atoms with Gasteiger partial charge in [0.15, 0.2) is 0 Å². The minimum atomic E-state index is 0.325. The van der Waals surface area contributed by atoms with Crippen LogP contribution in [0.5, 0.6) is 0 Å². The molecule has 1 aliphatic rings. The number of nitrogens with two attached hydrogens (primary N) is 1. The number of aromatic nitrogens is 1. The van der Waals surface area contributed by atoms with Gasteiger partial charge < -0.3 is 10.6 Å². The van der Waals surface area contributed by atoms with Gasteiger partial charge in [-0.3, -0.25) is 0 Å². The molecule has 0 radical (unpaired) electrons. The van der Waals surface area contributed by atoms with Crippen molar-refractivity contribution >= 4 is 21.7 Å². The Bertz CT molecular complexity index is 321. The molecule has 3 nitrogen and oxygen atoms in total. The molecule has 13 heavy (non-hydrogen) atoms. The van der Waals surface area contributed by atoms with E-state index in [9.17, 15) is 0 Å². The van der Waals surface area contributed by atoms with E-state index >= 15 is 0 Å². The maximum atomic E-state index is 5.70. The molecule has 70 valence electrons. The minimum Gasteiger partial charge on any atom is -0.353 e. The molecule has 4 heteroatoms. The second kappa shape index (κ2) is 3.27. The highest BCUT2D eigenvalue weighted by molar-refractivity contribution is 9.10. The Morgan fingerprint density at radius 3 is 2.77 bits per heavy atom. The topological polar surface area (TPSA) is 42.2 Å². The monoisotopic (exact) mass is 241 g/mol. The third kappa shape index (κ3) is 1.69. The molecule has 0 atom stereocenters. The van der Waals surface area contributed by atoms with Gasteiger partial charge in [0.05, 0.1) is 5.69 Å². The molecule has 1 aromatic rings. The number of pyridine rings is 1. The van der Waals surface area contributed by atoms with Crippen LogP contribution in [0.2, 0.25) is 0 Å². The fourth-order valence-electron chi connectivity index (χ4n) is 1.41. The van der Waals surface area contributed by atoms with Crippen molar-refractivity contribution in [3.05, 3.63) is 22.3 Å². The third-order valence-corrected chi connectivity index (χ3v) is 3.08. The number of hydrogen-bond donors (Lipinski definition) is 1. The maximum absolute atomic E-state index is 5.70. The highest BCUT2D eigenvalue weighted by Gasteiger charge is 2.24. The number of rotatable bonds is 1. The van der Waals surface area contributed by atoms with E-state index in [0.29, 0.717) is 6.04 Å². The highest BCUT2D eigenvalue weighted by atomic mass is 79.9. The number of nitrogens with zero attached hydrogens (tertiary/aromatic N) is 2. The Kier molecular flexibility index (Phi) is 2.26. The lowest BCUT2D eigenvalue weighted by molar-refractivity contribution is 0.514. The molecule has 0 spiro atoms. The highest BCUT2D eigenvalue weighted by Crippen LogP contribution is 2.21. The van der Waals surface area contributed by atoms with Gasteiger partial charge in [-0.05, 0) is 35.0 Å². The van der Waals surface area contributed by atoms with Gasteiger partial charge in [0.2, 0.25) is 0 Å². The maximum Gasteiger partial charge on any atom is 0.128 e. The molecular weight excluding hydrogens is 230 g/mol. The van der Waals surface area contributed by atoms with Gasteiger partial charge in [-0.15, -0.1) is 0 Å². The van der Waals surface area contributed by atoms with Gasteiger partial charge in [0.25, 0.3) is 0 Å². The SMILES string of the molecule is Cc1nc(N2CC(N)C2)ccc1Br. The summed E-state index contributed by atoms with van der Waals surface area (Å²) in [5, 5.41) is 0. The van der Waals surface area contributed by atoms with Gasteiger partial charge in [0.1, 0.15) is 5.82 Å². The molecule has 1 fully saturated rings. The standard InChI is InChI=1S/C9H12BrN3/c1-6-8(10)2-3-9(12-6)13-4-7(11)5-13/h2-3,7H,4-5,11H2,1H3. The van der Waals surface area contributed by atoms with E-state index < -0.39 is 0 Å². The van der Waals surface area contributed by atoms with Crippen molar-refractivity contribution in [2.45, 2.75) is 13.0 Å². The third-order valence-electron chi connectivity index (χ3n) is 2.24. The quantitative estimate of drug-likeness (QED) is 0.807. The van der Waals surface area contributed by atoms with Crippen molar-refractivity contribution in [2.24, 2.45) is 5.73 Å². The second-order valence-electron chi connectivity index (χ2n) is 3.40. The average Bonchev–Trinajstić information content (AvgIpc) is 2.05. The molecule has 0 aromatic carbocycles. The summed E-state index contributed by atoms with van der Waals surface area (Å²) in [5.74, 6) is 1.03. The normalized spacial score (nSPS) is 17.3. The summed E-state index contributed by atoms with van der Waals surface area (Å²) in [4.78, 5) is 6.64. The summed E-state index contributed by atoms with van der Waals surface area (Å²) in [6.07, 6.45) is 0. The van der Waals surface area contributed by atoms with Crippen molar-refractivity contribution in [3.8, 4) is 0 Å². The molecule has 0 aliphatic carbocycles. The van der Waals surface area contributed by atoms with Gasteiger partial charge in [-0.1, -0.05) is 0 Å². The summed E-state index contributed by atoms with van der Waals surface area (Å²) >= 11 is 3.42. The van der Waals surface area contributed by atoms with Crippen LogP contribution in [0.1, 0.15) is 5.69 Å². The van der Waals surface area contributed by atoms with E-state index in [1.165, 1.54) is 0 Å². The summed E-state index contributed by atoms with van der Waals surface area (Å²) in [6, 6.07) is 4.37. The van der Waals surface area contributed by atoms with Gasteiger partial charge in [-0.2, -0.15) is 0 Å². The Hall–Kier alpha value is -0.610. The lowest BCUT2D eigenvalue weighted by Crippen LogP contribution is -2.56. The number of halogens is 1. The molecule has 0 amide bonds. The predicted molar refractivity (Wildman–Crippen MR) is 56.9 cm³/mol. The van der Waals surface area contributed by atoms with Crippen LogP contribution in [0.25, 0.3) is 0 Å². The van der Waals surface area contributed by atoms with E-state index in [0.717, 1.165) is 29.1 Å². The summed E-state index contributed by atoms with van der Waals surface area (Å²) in [7, 11) is 0.